The molecule has 0 atom stereocenters. The van der Waals surface area contributed by atoms with E-state index in [0.29, 0.717) is 0 Å². The van der Waals surface area contributed by atoms with E-state index in [1.54, 1.807) is 0 Å². The maximum Gasteiger partial charge on any atom is 0.417 e. The zero-order chi connectivity index (χ0) is 25.0. The van der Waals surface area contributed by atoms with Crippen LogP contribution in [-0.4, -0.2) is 36.1 Å². The molecule has 178 valence electrons. The highest BCUT2D eigenvalue weighted by Crippen LogP contribution is 2.37. The molecule has 3 rings (SSSR count). The Morgan fingerprint density at radius 2 is 1.44 bits per heavy atom. The first kappa shape index (κ1) is 24.6. The molecule has 0 fully saturated rings. The van der Waals surface area contributed by atoms with Gasteiger partial charge in [-0.2, -0.15) is 13.2 Å². The number of aromatic nitrogens is 2. The van der Waals surface area contributed by atoms with Crippen molar-refractivity contribution in [2.24, 2.45) is 0 Å². The number of alkyl halides is 3. The Balaban J connectivity index is 1.94. The zero-order valence-corrected chi connectivity index (χ0v) is 18.4. The summed E-state index contributed by atoms with van der Waals surface area (Å²) in [7, 11) is 2.36. The smallest absolute Gasteiger partial charge is 0.417 e. The molecule has 0 spiro atoms. The standard InChI is InChI=1S/C21H17ClF3N5O4/c1-33-19(31)10-5-11(20(32)34-2)7-13(6-10)30-18-16(26)17(27-9-28-18)29-12-3-4-15(22)14(8-12)21(23,24)25/h3-9H,26H2,1-2H3,(H2,27,28,29,30). The lowest BCUT2D eigenvalue weighted by Crippen LogP contribution is -2.10. The Hall–Kier alpha value is -4.06. The van der Waals surface area contributed by atoms with E-state index in [0.717, 1.165) is 18.5 Å². The van der Waals surface area contributed by atoms with Crippen molar-refractivity contribution in [1.29, 1.82) is 0 Å². The topological polar surface area (TPSA) is 128 Å². The molecule has 0 amide bonds. The third-order valence-electron chi connectivity index (χ3n) is 4.46. The third kappa shape index (κ3) is 5.46. The van der Waals surface area contributed by atoms with Gasteiger partial charge in [0.15, 0.2) is 11.6 Å². The average molecular weight is 496 g/mol. The van der Waals surface area contributed by atoms with Crippen molar-refractivity contribution in [3.8, 4) is 0 Å². The number of ether oxygens (including phenoxy) is 2. The monoisotopic (exact) mass is 495 g/mol. The molecule has 0 unspecified atom stereocenters. The van der Waals surface area contributed by atoms with Gasteiger partial charge in [-0.15, -0.1) is 0 Å². The molecule has 3 aromatic rings. The van der Waals surface area contributed by atoms with E-state index in [1.165, 1.54) is 38.5 Å². The van der Waals surface area contributed by atoms with Crippen molar-refractivity contribution in [2.45, 2.75) is 6.18 Å². The number of benzene rings is 2. The largest absolute Gasteiger partial charge is 0.465 e. The summed E-state index contributed by atoms with van der Waals surface area (Å²) in [6.07, 6.45) is -3.53. The van der Waals surface area contributed by atoms with Crippen LogP contribution in [0.15, 0.2) is 42.7 Å². The maximum atomic E-state index is 13.1. The minimum atomic E-state index is -4.65. The zero-order valence-electron chi connectivity index (χ0n) is 17.7. The molecule has 34 heavy (non-hydrogen) atoms. The Morgan fingerprint density at radius 1 is 0.912 bits per heavy atom. The minimum absolute atomic E-state index is 0.00487. The molecule has 0 aliphatic rings. The van der Waals surface area contributed by atoms with Gasteiger partial charge in [-0.25, -0.2) is 19.6 Å². The fourth-order valence-electron chi connectivity index (χ4n) is 2.86. The Bertz CT molecular complexity index is 1220. The van der Waals surface area contributed by atoms with Crippen LogP contribution in [0.5, 0.6) is 0 Å². The number of nitrogens with one attached hydrogen (secondary N) is 2. The van der Waals surface area contributed by atoms with E-state index in [2.05, 4.69) is 20.6 Å². The third-order valence-corrected chi connectivity index (χ3v) is 4.79. The quantitative estimate of drug-likeness (QED) is 0.413. The van der Waals surface area contributed by atoms with Gasteiger partial charge in [-0.3, -0.25) is 0 Å². The number of nitrogens with two attached hydrogens (primary N) is 1. The molecule has 1 heterocycles. The molecule has 9 nitrogen and oxygen atoms in total. The first-order valence-corrected chi connectivity index (χ1v) is 9.74. The molecular formula is C21H17ClF3N5O4. The van der Waals surface area contributed by atoms with Gasteiger partial charge in [0.1, 0.15) is 12.0 Å². The summed E-state index contributed by atoms with van der Waals surface area (Å²) in [5.74, 6) is -1.34. The number of hydrogen-bond donors (Lipinski definition) is 3. The first-order chi connectivity index (χ1) is 16.0. The van der Waals surface area contributed by atoms with Crippen molar-refractivity contribution >= 4 is 52.2 Å². The molecule has 0 aliphatic heterocycles. The Labute approximate surface area is 196 Å². The summed E-state index contributed by atoms with van der Waals surface area (Å²) in [5, 5.41) is 5.09. The van der Waals surface area contributed by atoms with Crippen LogP contribution in [0.25, 0.3) is 0 Å². The highest BCUT2D eigenvalue weighted by Gasteiger charge is 2.33. The second kappa shape index (κ2) is 9.83. The van der Waals surface area contributed by atoms with E-state index < -0.39 is 28.7 Å². The molecule has 1 aromatic heterocycles. The van der Waals surface area contributed by atoms with Gasteiger partial charge in [-0.1, -0.05) is 11.6 Å². The number of nitrogen functional groups attached to an aromatic ring is 1. The number of carbonyl (C=O) groups excluding carboxylic acids is 2. The maximum absolute atomic E-state index is 13.1. The van der Waals surface area contributed by atoms with Gasteiger partial charge in [0, 0.05) is 11.4 Å². The summed E-state index contributed by atoms with van der Waals surface area (Å²) in [5.41, 5.74) is 5.41. The van der Waals surface area contributed by atoms with E-state index >= 15 is 0 Å². The van der Waals surface area contributed by atoms with E-state index in [4.69, 9.17) is 26.8 Å². The fraction of sp³-hybridized carbons (Fsp3) is 0.143. The van der Waals surface area contributed by atoms with E-state index in [9.17, 15) is 22.8 Å². The number of halogens is 4. The summed E-state index contributed by atoms with van der Waals surface area (Å²) in [4.78, 5) is 31.9. The van der Waals surface area contributed by atoms with Crippen LogP contribution >= 0.6 is 11.6 Å². The molecule has 0 radical (unpaired) electrons. The van der Waals surface area contributed by atoms with Gasteiger partial charge < -0.3 is 25.8 Å². The normalized spacial score (nSPS) is 11.0. The molecule has 0 saturated heterocycles. The number of nitrogens with zero attached hydrogens (tertiary/aromatic N) is 2. The van der Waals surface area contributed by atoms with Crippen molar-refractivity contribution in [1.82, 2.24) is 9.97 Å². The van der Waals surface area contributed by atoms with Gasteiger partial charge >= 0.3 is 18.1 Å². The first-order valence-electron chi connectivity index (χ1n) is 9.36. The molecule has 13 heteroatoms. The average Bonchev–Trinajstić information content (AvgIpc) is 2.80. The number of rotatable bonds is 6. The molecule has 2 aromatic carbocycles. The van der Waals surface area contributed by atoms with Crippen LogP contribution in [0, 0.1) is 0 Å². The number of carbonyl (C=O) groups is 2. The van der Waals surface area contributed by atoms with Gasteiger partial charge in [0.05, 0.1) is 35.9 Å². The summed E-state index contributed by atoms with van der Waals surface area (Å²) < 4.78 is 48.8. The van der Waals surface area contributed by atoms with Crippen LogP contribution in [0.3, 0.4) is 0 Å². The predicted octanol–water partition coefficient (Wildman–Crippen LogP) is 4.79. The van der Waals surface area contributed by atoms with Gasteiger partial charge in [0.2, 0.25) is 0 Å². The van der Waals surface area contributed by atoms with Crippen molar-refractivity contribution in [3.05, 3.63) is 64.4 Å². The summed E-state index contributed by atoms with van der Waals surface area (Å²) >= 11 is 5.65. The summed E-state index contributed by atoms with van der Waals surface area (Å²) in [6, 6.07) is 7.31. The van der Waals surface area contributed by atoms with E-state index in [1.807, 2.05) is 0 Å². The van der Waals surface area contributed by atoms with Crippen molar-refractivity contribution in [3.63, 3.8) is 0 Å². The molecule has 0 saturated carbocycles. The molecular weight excluding hydrogens is 479 g/mol. The number of methoxy groups -OCH3 is 2. The second-order valence-electron chi connectivity index (χ2n) is 6.71. The fourth-order valence-corrected chi connectivity index (χ4v) is 3.08. The second-order valence-corrected chi connectivity index (χ2v) is 7.12. The lowest BCUT2D eigenvalue weighted by atomic mass is 10.1. The molecule has 0 bridgehead atoms. The Morgan fingerprint density at radius 3 is 1.94 bits per heavy atom. The molecule has 0 aliphatic carbocycles. The summed E-state index contributed by atoms with van der Waals surface area (Å²) in [6.45, 7) is 0. The Kier molecular flexibility index (Phi) is 7.11. The van der Waals surface area contributed by atoms with Crippen LogP contribution in [-0.2, 0) is 15.7 Å². The van der Waals surface area contributed by atoms with E-state index in [-0.39, 0.29) is 39.8 Å². The van der Waals surface area contributed by atoms with Crippen LogP contribution in [0.4, 0.5) is 41.9 Å². The highest BCUT2D eigenvalue weighted by molar-refractivity contribution is 6.31. The number of anilines is 5. The molecule has 4 N–H and O–H groups in total. The van der Waals surface area contributed by atoms with Gasteiger partial charge in [-0.05, 0) is 36.4 Å². The minimum Gasteiger partial charge on any atom is -0.465 e. The van der Waals surface area contributed by atoms with Crippen molar-refractivity contribution in [2.75, 3.05) is 30.6 Å². The number of hydrogen-bond acceptors (Lipinski definition) is 9. The lowest BCUT2D eigenvalue weighted by Gasteiger charge is -2.15. The highest BCUT2D eigenvalue weighted by atomic mass is 35.5. The van der Waals surface area contributed by atoms with Crippen LogP contribution in [0.2, 0.25) is 5.02 Å². The van der Waals surface area contributed by atoms with Crippen LogP contribution in [0.1, 0.15) is 26.3 Å². The van der Waals surface area contributed by atoms with Crippen LogP contribution < -0.4 is 16.4 Å². The lowest BCUT2D eigenvalue weighted by molar-refractivity contribution is -0.137. The number of esters is 2. The van der Waals surface area contributed by atoms with Crippen molar-refractivity contribution < 1.29 is 32.2 Å². The van der Waals surface area contributed by atoms with Gasteiger partial charge in [0.25, 0.3) is 0 Å². The predicted molar refractivity (Wildman–Crippen MR) is 119 cm³/mol. The SMILES string of the molecule is COC(=O)c1cc(Nc2ncnc(Nc3ccc(Cl)c(C(F)(F)F)c3)c2N)cc(C(=O)OC)c1.